The molecule has 0 heterocycles. The van der Waals surface area contributed by atoms with Crippen molar-refractivity contribution in [3.05, 3.63) is 0 Å². The maximum Gasteiger partial charge on any atom is 0.193 e. The van der Waals surface area contributed by atoms with Crippen LogP contribution in [0.3, 0.4) is 0 Å². The van der Waals surface area contributed by atoms with E-state index in [2.05, 4.69) is 52.2 Å². The monoisotopic (exact) mass is 304 g/mol. The average Bonchev–Trinajstić information content (AvgIpc) is 2.48. The summed E-state index contributed by atoms with van der Waals surface area (Å²) in [4.78, 5) is 0. The third kappa shape index (κ3) is 6.08. The summed E-state index contributed by atoms with van der Waals surface area (Å²) in [6, 6.07) is 4.93. The fraction of sp³-hybridized carbons (Fsp3) is 1.00. The van der Waals surface area contributed by atoms with E-state index in [1.54, 1.807) is 0 Å². The predicted molar refractivity (Wildman–Crippen MR) is 91.6 cm³/mol. The van der Waals surface area contributed by atoms with E-state index < -0.39 is 16.6 Å². The van der Waals surface area contributed by atoms with Gasteiger partial charge < -0.3 is 14.7 Å². The molecule has 0 aromatic rings. The molecule has 0 amide bonds. The molecule has 5 heteroatoms. The lowest BCUT2D eigenvalue weighted by Gasteiger charge is -2.41. The SMILES string of the molecule is CCNC[Si](CC)(CC)O[Si](CC)(CC)CNCC. The van der Waals surface area contributed by atoms with Crippen LogP contribution in [0.15, 0.2) is 0 Å². The number of nitrogens with one attached hydrogen (secondary N) is 2. The molecule has 0 saturated heterocycles. The van der Waals surface area contributed by atoms with Gasteiger partial charge in [0.15, 0.2) is 16.6 Å². The molecule has 2 N–H and O–H groups in total. The maximum absolute atomic E-state index is 6.98. The van der Waals surface area contributed by atoms with Crippen LogP contribution < -0.4 is 10.6 Å². The molecule has 19 heavy (non-hydrogen) atoms. The average molecular weight is 305 g/mol. The fourth-order valence-electron chi connectivity index (χ4n) is 2.53. The summed E-state index contributed by atoms with van der Waals surface area (Å²) >= 11 is 0. The lowest BCUT2D eigenvalue weighted by molar-refractivity contribution is 0.491. The maximum atomic E-state index is 6.98. The molecule has 0 saturated carbocycles. The Kier molecular flexibility index (Phi) is 10.3. The lowest BCUT2D eigenvalue weighted by atomic mass is 10.8. The van der Waals surface area contributed by atoms with Crippen LogP contribution in [0.2, 0.25) is 24.2 Å². The Morgan fingerprint density at radius 1 is 0.632 bits per heavy atom. The van der Waals surface area contributed by atoms with Crippen LogP contribution in [-0.4, -0.2) is 42.1 Å². The van der Waals surface area contributed by atoms with Crippen molar-refractivity contribution in [3.8, 4) is 0 Å². The highest BCUT2D eigenvalue weighted by Crippen LogP contribution is 2.26. The highest BCUT2D eigenvalue weighted by atomic mass is 28.4. The van der Waals surface area contributed by atoms with Gasteiger partial charge in [0.1, 0.15) is 0 Å². The van der Waals surface area contributed by atoms with Crippen LogP contribution in [0, 0.1) is 0 Å². The summed E-state index contributed by atoms with van der Waals surface area (Å²) in [5.74, 6) is 0. The van der Waals surface area contributed by atoms with Crippen molar-refractivity contribution in [3.63, 3.8) is 0 Å². The first-order valence-electron chi connectivity index (χ1n) is 8.19. The smallest absolute Gasteiger partial charge is 0.193 e. The summed E-state index contributed by atoms with van der Waals surface area (Å²) < 4.78 is 6.98. The minimum absolute atomic E-state index is 1.05. The standard InChI is InChI=1S/C14H36N2OSi2/c1-7-15-13-18(9-3,10-4)17-19(11-5,12-6)14-16-8-2/h15-16H,7-14H2,1-6H3. The number of rotatable bonds is 12. The van der Waals surface area contributed by atoms with Crippen molar-refractivity contribution in [1.82, 2.24) is 10.6 Å². The van der Waals surface area contributed by atoms with Crippen molar-refractivity contribution in [2.24, 2.45) is 0 Å². The van der Waals surface area contributed by atoms with E-state index in [9.17, 15) is 0 Å². The third-order valence-corrected chi connectivity index (χ3v) is 14.8. The Hall–Kier alpha value is 0.314. The molecule has 0 aliphatic heterocycles. The van der Waals surface area contributed by atoms with Gasteiger partial charge in [-0.15, -0.1) is 0 Å². The van der Waals surface area contributed by atoms with Crippen LogP contribution >= 0.6 is 0 Å². The highest BCUT2D eigenvalue weighted by molar-refractivity contribution is 6.87. The highest BCUT2D eigenvalue weighted by Gasteiger charge is 2.41. The summed E-state index contributed by atoms with van der Waals surface area (Å²) in [6.45, 7) is 15.8. The molecule has 116 valence electrons. The molecule has 0 atom stereocenters. The first kappa shape index (κ1) is 19.3. The van der Waals surface area contributed by atoms with E-state index >= 15 is 0 Å². The quantitative estimate of drug-likeness (QED) is 0.543. The Balaban J connectivity index is 4.90. The van der Waals surface area contributed by atoms with Crippen LogP contribution in [0.1, 0.15) is 41.5 Å². The third-order valence-electron chi connectivity index (χ3n) is 4.40. The topological polar surface area (TPSA) is 33.3 Å². The first-order chi connectivity index (χ1) is 9.07. The van der Waals surface area contributed by atoms with Gasteiger partial charge in [0.05, 0.1) is 0 Å². The van der Waals surface area contributed by atoms with E-state index in [-0.39, 0.29) is 0 Å². The van der Waals surface area contributed by atoms with Gasteiger partial charge in [0.25, 0.3) is 0 Å². The molecule has 0 aromatic carbocycles. The van der Waals surface area contributed by atoms with Gasteiger partial charge >= 0.3 is 0 Å². The Morgan fingerprint density at radius 2 is 0.947 bits per heavy atom. The number of hydrogen-bond donors (Lipinski definition) is 2. The van der Waals surface area contributed by atoms with Gasteiger partial charge in [-0.1, -0.05) is 41.5 Å². The Labute approximate surface area is 123 Å². The van der Waals surface area contributed by atoms with Gasteiger partial charge in [-0.2, -0.15) is 0 Å². The van der Waals surface area contributed by atoms with Crippen molar-refractivity contribution in [2.75, 3.05) is 25.4 Å². The van der Waals surface area contributed by atoms with Crippen LogP contribution in [0.5, 0.6) is 0 Å². The molecule has 0 aromatic heterocycles. The van der Waals surface area contributed by atoms with E-state index in [4.69, 9.17) is 4.12 Å². The largest absolute Gasteiger partial charge is 0.453 e. The second-order valence-electron chi connectivity index (χ2n) is 5.44. The van der Waals surface area contributed by atoms with E-state index in [1.807, 2.05) is 0 Å². The molecule has 0 unspecified atom stereocenters. The van der Waals surface area contributed by atoms with Crippen LogP contribution in [-0.2, 0) is 4.12 Å². The molecule has 3 nitrogen and oxygen atoms in total. The zero-order valence-electron chi connectivity index (χ0n) is 14.1. The van der Waals surface area contributed by atoms with Crippen LogP contribution in [0.25, 0.3) is 0 Å². The van der Waals surface area contributed by atoms with Crippen molar-refractivity contribution >= 4 is 16.6 Å². The molecule has 0 aliphatic rings. The second-order valence-corrected chi connectivity index (χ2v) is 14.5. The normalized spacial score (nSPS) is 12.9. The van der Waals surface area contributed by atoms with E-state index in [0.29, 0.717) is 0 Å². The molecule has 0 aliphatic carbocycles. The molecule has 0 radical (unpaired) electrons. The summed E-state index contributed by atoms with van der Waals surface area (Å²) in [7, 11) is -3.16. The van der Waals surface area contributed by atoms with Gasteiger partial charge in [0, 0.05) is 12.3 Å². The zero-order valence-corrected chi connectivity index (χ0v) is 16.1. The first-order valence-corrected chi connectivity index (χ1v) is 13.2. The van der Waals surface area contributed by atoms with Gasteiger partial charge in [0.2, 0.25) is 0 Å². The number of hydrogen-bond acceptors (Lipinski definition) is 3. The molecule has 0 spiro atoms. The van der Waals surface area contributed by atoms with Crippen molar-refractivity contribution < 1.29 is 4.12 Å². The van der Waals surface area contributed by atoms with E-state index in [1.165, 1.54) is 24.2 Å². The zero-order chi connectivity index (χ0) is 14.8. The fourth-order valence-corrected chi connectivity index (χ4v) is 12.5. The molecule has 0 rings (SSSR count). The summed E-state index contributed by atoms with van der Waals surface area (Å²) in [5.41, 5.74) is 0. The molecule has 0 bridgehead atoms. The summed E-state index contributed by atoms with van der Waals surface area (Å²) in [6.07, 6.45) is 2.24. The van der Waals surface area contributed by atoms with E-state index in [0.717, 1.165) is 25.4 Å². The van der Waals surface area contributed by atoms with Crippen molar-refractivity contribution in [1.29, 1.82) is 0 Å². The van der Waals surface area contributed by atoms with Crippen molar-refractivity contribution in [2.45, 2.75) is 65.7 Å². The van der Waals surface area contributed by atoms with Gasteiger partial charge in [-0.25, -0.2) is 0 Å². The van der Waals surface area contributed by atoms with Crippen LogP contribution in [0.4, 0.5) is 0 Å². The van der Waals surface area contributed by atoms with Gasteiger partial charge in [-0.05, 0) is 37.3 Å². The molecular weight excluding hydrogens is 268 g/mol. The second kappa shape index (κ2) is 10.1. The molecule has 0 fully saturated rings. The minimum Gasteiger partial charge on any atom is -0.453 e. The Bertz CT molecular complexity index is 197. The predicted octanol–water partition coefficient (Wildman–Crippen LogP) is 3.27. The van der Waals surface area contributed by atoms with Gasteiger partial charge in [-0.3, -0.25) is 0 Å². The molecular formula is C14H36N2OSi2. The summed E-state index contributed by atoms with van der Waals surface area (Å²) in [5, 5.41) is 7.11. The lowest BCUT2D eigenvalue weighted by Crippen LogP contribution is -2.59. The Morgan fingerprint density at radius 3 is 1.16 bits per heavy atom. The minimum atomic E-state index is -1.58.